The van der Waals surface area contributed by atoms with Crippen LogP contribution in [0.3, 0.4) is 0 Å². The first-order valence-electron chi connectivity index (χ1n) is 5.98. The van der Waals surface area contributed by atoms with Gasteiger partial charge in [0.05, 0.1) is 6.54 Å². The van der Waals surface area contributed by atoms with E-state index in [1.165, 1.54) is 0 Å². The van der Waals surface area contributed by atoms with E-state index in [0.717, 1.165) is 44.2 Å². The van der Waals surface area contributed by atoms with Gasteiger partial charge < -0.3 is 10.2 Å². The molecule has 1 aliphatic heterocycles. The number of carbonyl (C=O) groups excluding carboxylic acids is 1. The van der Waals surface area contributed by atoms with Crippen LogP contribution in [-0.4, -0.2) is 73.5 Å². The summed E-state index contributed by atoms with van der Waals surface area (Å²) in [7, 11) is 2.02. The molecule has 0 bridgehead atoms. The number of nitrogens with one attached hydrogen (secondary N) is 1. The van der Waals surface area contributed by atoms with Gasteiger partial charge in [-0.2, -0.15) is 11.8 Å². The molecule has 0 aromatic carbocycles. The smallest absolute Gasteiger partial charge is 0.236 e. The van der Waals surface area contributed by atoms with Crippen molar-refractivity contribution in [1.82, 2.24) is 15.1 Å². The SMILES string of the molecule is CCSCCN(C)CC(=O)N1CCNCC1.Cl. The highest BCUT2D eigenvalue weighted by Crippen LogP contribution is 2.00. The fourth-order valence-corrected chi connectivity index (χ4v) is 2.42. The van der Waals surface area contributed by atoms with E-state index in [4.69, 9.17) is 0 Å². The maximum atomic E-state index is 11.9. The van der Waals surface area contributed by atoms with E-state index < -0.39 is 0 Å². The summed E-state index contributed by atoms with van der Waals surface area (Å²) in [6.45, 7) is 7.30. The van der Waals surface area contributed by atoms with Gasteiger partial charge in [-0.1, -0.05) is 6.92 Å². The van der Waals surface area contributed by atoms with Gasteiger partial charge in [0.25, 0.3) is 0 Å². The average molecular weight is 282 g/mol. The van der Waals surface area contributed by atoms with Gasteiger partial charge in [-0.25, -0.2) is 0 Å². The molecule has 1 rings (SSSR count). The molecule has 1 saturated heterocycles. The molecule has 1 N–H and O–H groups in total. The molecule has 0 aromatic heterocycles. The molecule has 6 heteroatoms. The monoisotopic (exact) mass is 281 g/mol. The quantitative estimate of drug-likeness (QED) is 0.721. The van der Waals surface area contributed by atoms with Crippen LogP contribution in [0.2, 0.25) is 0 Å². The van der Waals surface area contributed by atoms with Gasteiger partial charge >= 0.3 is 0 Å². The van der Waals surface area contributed by atoms with Crippen LogP contribution in [0.5, 0.6) is 0 Å². The number of likely N-dealkylation sites (N-methyl/N-ethyl adjacent to an activating group) is 1. The Labute approximate surface area is 115 Å². The normalized spacial score (nSPS) is 15.8. The number of halogens is 1. The molecule has 1 fully saturated rings. The average Bonchev–Trinajstić information content (AvgIpc) is 2.30. The minimum absolute atomic E-state index is 0. The van der Waals surface area contributed by atoms with Crippen LogP contribution in [0, 0.1) is 0 Å². The van der Waals surface area contributed by atoms with Crippen LogP contribution < -0.4 is 5.32 Å². The van der Waals surface area contributed by atoms with E-state index in [1.807, 2.05) is 23.7 Å². The molecule has 17 heavy (non-hydrogen) atoms. The molecule has 0 atom stereocenters. The summed E-state index contributed by atoms with van der Waals surface area (Å²) in [4.78, 5) is 16.0. The summed E-state index contributed by atoms with van der Waals surface area (Å²) in [5.41, 5.74) is 0. The van der Waals surface area contributed by atoms with Crippen molar-refractivity contribution in [3.63, 3.8) is 0 Å². The minimum Gasteiger partial charge on any atom is -0.339 e. The second-order valence-corrected chi connectivity index (χ2v) is 5.46. The maximum Gasteiger partial charge on any atom is 0.236 e. The summed E-state index contributed by atoms with van der Waals surface area (Å²) >= 11 is 1.92. The molecule has 1 aliphatic rings. The van der Waals surface area contributed by atoms with E-state index in [1.54, 1.807) is 0 Å². The third-order valence-corrected chi connectivity index (χ3v) is 3.58. The van der Waals surface area contributed by atoms with E-state index in [-0.39, 0.29) is 18.3 Å². The third-order valence-electron chi connectivity index (χ3n) is 2.70. The number of nitrogens with zero attached hydrogens (tertiary/aromatic N) is 2. The predicted octanol–water partition coefficient (Wildman–Crippen LogP) is 0.525. The molecule has 0 aliphatic carbocycles. The van der Waals surface area contributed by atoms with Crippen LogP contribution >= 0.6 is 24.2 Å². The van der Waals surface area contributed by atoms with Gasteiger partial charge in [0.15, 0.2) is 0 Å². The highest BCUT2D eigenvalue weighted by atomic mass is 35.5. The van der Waals surface area contributed by atoms with Crippen LogP contribution in [0.1, 0.15) is 6.92 Å². The lowest BCUT2D eigenvalue weighted by atomic mass is 10.3. The van der Waals surface area contributed by atoms with Crippen molar-refractivity contribution >= 4 is 30.1 Å². The molecule has 1 amide bonds. The van der Waals surface area contributed by atoms with Gasteiger partial charge in [0.1, 0.15) is 0 Å². The van der Waals surface area contributed by atoms with Crippen LogP contribution in [-0.2, 0) is 4.79 Å². The maximum absolute atomic E-state index is 11.9. The molecule has 4 nitrogen and oxygen atoms in total. The molecule has 0 radical (unpaired) electrons. The van der Waals surface area contributed by atoms with Gasteiger partial charge in [-0.3, -0.25) is 9.69 Å². The lowest BCUT2D eigenvalue weighted by Crippen LogP contribution is -2.49. The van der Waals surface area contributed by atoms with Gasteiger partial charge in [-0.15, -0.1) is 12.4 Å². The lowest BCUT2D eigenvalue weighted by Gasteiger charge is -2.29. The Balaban J connectivity index is 0.00000256. The summed E-state index contributed by atoms with van der Waals surface area (Å²) in [6.07, 6.45) is 0. The van der Waals surface area contributed by atoms with Crippen molar-refractivity contribution in [3.05, 3.63) is 0 Å². The Morgan fingerprint density at radius 1 is 1.41 bits per heavy atom. The summed E-state index contributed by atoms with van der Waals surface area (Å²) < 4.78 is 0. The second kappa shape index (κ2) is 10.00. The fourth-order valence-electron chi connectivity index (χ4n) is 1.69. The van der Waals surface area contributed by atoms with Crippen molar-refractivity contribution in [3.8, 4) is 0 Å². The first-order chi connectivity index (χ1) is 7.74. The van der Waals surface area contributed by atoms with Crippen molar-refractivity contribution in [2.75, 3.05) is 57.8 Å². The Kier molecular flexibility index (Phi) is 10.0. The standard InChI is InChI=1S/C11H23N3OS.ClH/c1-3-16-9-8-13(2)10-11(15)14-6-4-12-5-7-14;/h12H,3-10H2,1-2H3;1H. The van der Waals surface area contributed by atoms with E-state index in [0.29, 0.717) is 6.54 Å². The zero-order valence-electron chi connectivity index (χ0n) is 10.8. The molecule has 0 saturated carbocycles. The number of carbonyl (C=O) groups is 1. The minimum atomic E-state index is 0. The Morgan fingerprint density at radius 2 is 2.06 bits per heavy atom. The predicted molar refractivity (Wildman–Crippen MR) is 77.2 cm³/mol. The number of rotatable bonds is 6. The van der Waals surface area contributed by atoms with Gasteiger partial charge in [-0.05, 0) is 12.8 Å². The first-order valence-corrected chi connectivity index (χ1v) is 7.14. The van der Waals surface area contributed by atoms with Gasteiger partial charge in [0, 0.05) is 38.5 Å². The molecule has 0 aromatic rings. The van der Waals surface area contributed by atoms with E-state index in [9.17, 15) is 4.79 Å². The van der Waals surface area contributed by atoms with Crippen molar-refractivity contribution in [2.45, 2.75) is 6.92 Å². The van der Waals surface area contributed by atoms with Gasteiger partial charge in [0.2, 0.25) is 5.91 Å². The molecule has 0 spiro atoms. The molecular weight excluding hydrogens is 258 g/mol. The van der Waals surface area contributed by atoms with Crippen LogP contribution in [0.15, 0.2) is 0 Å². The summed E-state index contributed by atoms with van der Waals surface area (Å²) in [6, 6.07) is 0. The number of hydrogen-bond donors (Lipinski definition) is 1. The van der Waals surface area contributed by atoms with E-state index >= 15 is 0 Å². The Morgan fingerprint density at radius 3 is 2.65 bits per heavy atom. The number of hydrogen-bond acceptors (Lipinski definition) is 4. The summed E-state index contributed by atoms with van der Waals surface area (Å²) in [5, 5.41) is 3.25. The molecule has 102 valence electrons. The summed E-state index contributed by atoms with van der Waals surface area (Å²) in [5.74, 6) is 2.53. The lowest BCUT2D eigenvalue weighted by molar-refractivity contribution is -0.132. The first kappa shape index (κ1) is 17.0. The number of piperazine rings is 1. The second-order valence-electron chi connectivity index (χ2n) is 4.07. The zero-order valence-corrected chi connectivity index (χ0v) is 12.4. The molecular formula is C11H24ClN3OS. The number of amides is 1. The van der Waals surface area contributed by atoms with Crippen molar-refractivity contribution in [2.24, 2.45) is 0 Å². The van der Waals surface area contributed by atoms with Crippen LogP contribution in [0.4, 0.5) is 0 Å². The third kappa shape index (κ3) is 7.13. The van der Waals surface area contributed by atoms with E-state index in [2.05, 4.69) is 17.1 Å². The highest BCUT2D eigenvalue weighted by Gasteiger charge is 2.17. The Bertz CT molecular complexity index is 213. The largest absolute Gasteiger partial charge is 0.339 e. The fraction of sp³-hybridized carbons (Fsp3) is 0.909. The van der Waals surface area contributed by atoms with Crippen molar-refractivity contribution < 1.29 is 4.79 Å². The topological polar surface area (TPSA) is 35.6 Å². The molecule has 0 unspecified atom stereocenters. The highest BCUT2D eigenvalue weighted by molar-refractivity contribution is 7.99. The van der Waals surface area contributed by atoms with Crippen LogP contribution in [0.25, 0.3) is 0 Å². The zero-order chi connectivity index (χ0) is 11.8. The molecule has 1 heterocycles. The Hall–Kier alpha value is 0.0300. The number of thioether (sulfide) groups is 1. The van der Waals surface area contributed by atoms with Crippen molar-refractivity contribution in [1.29, 1.82) is 0 Å².